The Morgan fingerprint density at radius 1 is 1.14 bits per heavy atom. The summed E-state index contributed by atoms with van der Waals surface area (Å²) in [5.41, 5.74) is 3.63. The number of halogens is 3. The van der Waals surface area contributed by atoms with Gasteiger partial charge >= 0.3 is 0 Å². The smallest absolute Gasteiger partial charge is 0.123 e. The third-order valence-corrected chi connectivity index (χ3v) is 5.18. The fourth-order valence-electron chi connectivity index (χ4n) is 2.49. The lowest BCUT2D eigenvalue weighted by molar-refractivity contribution is 0.246. The second-order valence-electron chi connectivity index (χ2n) is 5.18. The summed E-state index contributed by atoms with van der Waals surface area (Å²) in [5, 5.41) is 3.46. The molecule has 2 aromatic rings. The van der Waals surface area contributed by atoms with E-state index in [-0.39, 0.29) is 6.10 Å². The Morgan fingerprint density at radius 3 is 2.57 bits per heavy atom. The molecule has 0 fully saturated rings. The number of aryl methyl sites for hydroxylation is 1. The van der Waals surface area contributed by atoms with E-state index in [0.29, 0.717) is 0 Å². The minimum Gasteiger partial charge on any atom is -0.488 e. The van der Waals surface area contributed by atoms with Crippen LogP contribution in [0.2, 0.25) is 0 Å². The van der Waals surface area contributed by atoms with Gasteiger partial charge in [0.05, 0.1) is 12.2 Å². The lowest BCUT2D eigenvalue weighted by atomic mass is 10.1. The number of fused-ring (bicyclic) bond motifs is 1. The van der Waals surface area contributed by atoms with Gasteiger partial charge in [0.25, 0.3) is 0 Å². The maximum atomic E-state index is 5.98. The third-order valence-electron chi connectivity index (χ3n) is 3.47. The van der Waals surface area contributed by atoms with Gasteiger partial charge in [0.15, 0.2) is 0 Å². The summed E-state index contributed by atoms with van der Waals surface area (Å²) in [7, 11) is 0. The van der Waals surface area contributed by atoms with Gasteiger partial charge in [0, 0.05) is 19.8 Å². The average molecular weight is 476 g/mol. The highest BCUT2D eigenvalue weighted by atomic mass is 79.9. The van der Waals surface area contributed by atoms with Gasteiger partial charge in [-0.05, 0) is 62.5 Å². The van der Waals surface area contributed by atoms with E-state index in [0.717, 1.165) is 37.8 Å². The standard InChI is InChI=1S/C16H14Br3NO/c1-9-2-3-15-10(4-9)5-12(21-15)8-20-16-13(18)6-11(17)7-14(16)19/h2-4,6-7,12,20H,5,8H2,1H3. The second-order valence-corrected chi connectivity index (χ2v) is 7.80. The number of rotatable bonds is 3. The average Bonchev–Trinajstić information content (AvgIpc) is 2.79. The zero-order chi connectivity index (χ0) is 15.0. The fourth-order valence-corrected chi connectivity index (χ4v) is 5.03. The van der Waals surface area contributed by atoms with Crippen LogP contribution in [0.25, 0.3) is 0 Å². The van der Waals surface area contributed by atoms with Crippen molar-refractivity contribution in [3.63, 3.8) is 0 Å². The molecule has 1 N–H and O–H groups in total. The van der Waals surface area contributed by atoms with Crippen molar-refractivity contribution in [2.45, 2.75) is 19.4 Å². The topological polar surface area (TPSA) is 21.3 Å². The first-order chi connectivity index (χ1) is 10.0. The Kier molecular flexibility index (Phi) is 4.62. The van der Waals surface area contributed by atoms with Crippen LogP contribution in [-0.2, 0) is 6.42 Å². The van der Waals surface area contributed by atoms with E-state index in [4.69, 9.17) is 4.74 Å². The number of benzene rings is 2. The summed E-state index contributed by atoms with van der Waals surface area (Å²) in [6.45, 7) is 2.88. The van der Waals surface area contributed by atoms with Gasteiger partial charge in [-0.3, -0.25) is 0 Å². The van der Waals surface area contributed by atoms with Gasteiger partial charge in [-0.15, -0.1) is 0 Å². The molecule has 1 heterocycles. The summed E-state index contributed by atoms with van der Waals surface area (Å²) >= 11 is 10.6. The summed E-state index contributed by atoms with van der Waals surface area (Å²) in [4.78, 5) is 0. The molecule has 1 aliphatic rings. The van der Waals surface area contributed by atoms with Crippen LogP contribution in [0.15, 0.2) is 43.7 Å². The van der Waals surface area contributed by atoms with E-state index in [9.17, 15) is 0 Å². The second kappa shape index (κ2) is 6.31. The number of nitrogens with one attached hydrogen (secondary N) is 1. The van der Waals surface area contributed by atoms with Gasteiger partial charge in [0.1, 0.15) is 11.9 Å². The minimum absolute atomic E-state index is 0.171. The van der Waals surface area contributed by atoms with Gasteiger partial charge in [-0.1, -0.05) is 33.6 Å². The third kappa shape index (κ3) is 3.46. The maximum absolute atomic E-state index is 5.98. The summed E-state index contributed by atoms with van der Waals surface area (Å²) in [6, 6.07) is 10.4. The normalized spacial score (nSPS) is 16.5. The van der Waals surface area contributed by atoms with Crippen molar-refractivity contribution in [1.29, 1.82) is 0 Å². The van der Waals surface area contributed by atoms with Crippen LogP contribution in [0.4, 0.5) is 5.69 Å². The van der Waals surface area contributed by atoms with Crippen molar-refractivity contribution in [2.75, 3.05) is 11.9 Å². The van der Waals surface area contributed by atoms with E-state index in [1.807, 2.05) is 12.1 Å². The van der Waals surface area contributed by atoms with Crippen LogP contribution < -0.4 is 10.1 Å². The monoisotopic (exact) mass is 473 g/mol. The lowest BCUT2D eigenvalue weighted by Gasteiger charge is -2.15. The van der Waals surface area contributed by atoms with Crippen molar-refractivity contribution in [3.05, 3.63) is 54.9 Å². The van der Waals surface area contributed by atoms with Crippen LogP contribution in [-0.4, -0.2) is 12.6 Å². The molecule has 0 spiro atoms. The Hall–Kier alpha value is -0.520. The van der Waals surface area contributed by atoms with E-state index < -0.39 is 0 Å². The van der Waals surface area contributed by atoms with E-state index in [1.54, 1.807) is 0 Å². The van der Waals surface area contributed by atoms with E-state index in [1.165, 1.54) is 11.1 Å². The van der Waals surface area contributed by atoms with Crippen molar-refractivity contribution >= 4 is 53.5 Å². The molecule has 0 bridgehead atoms. The Labute approximate surface area is 149 Å². The van der Waals surface area contributed by atoms with Crippen LogP contribution in [0.3, 0.4) is 0 Å². The van der Waals surface area contributed by atoms with Crippen molar-refractivity contribution in [3.8, 4) is 5.75 Å². The van der Waals surface area contributed by atoms with Gasteiger partial charge in [0.2, 0.25) is 0 Å². The Balaban J connectivity index is 1.68. The molecule has 1 aliphatic heterocycles. The number of anilines is 1. The molecule has 0 saturated heterocycles. The molecule has 2 aromatic carbocycles. The highest BCUT2D eigenvalue weighted by molar-refractivity contribution is 9.11. The highest BCUT2D eigenvalue weighted by Gasteiger charge is 2.23. The van der Waals surface area contributed by atoms with E-state index >= 15 is 0 Å². The molecule has 1 atom stereocenters. The molecule has 0 radical (unpaired) electrons. The maximum Gasteiger partial charge on any atom is 0.123 e. The van der Waals surface area contributed by atoms with Crippen LogP contribution in [0, 0.1) is 6.92 Å². The van der Waals surface area contributed by atoms with Gasteiger partial charge < -0.3 is 10.1 Å². The predicted molar refractivity (Wildman–Crippen MR) is 97.3 cm³/mol. The number of hydrogen-bond acceptors (Lipinski definition) is 2. The zero-order valence-electron chi connectivity index (χ0n) is 11.4. The molecular formula is C16H14Br3NO. The van der Waals surface area contributed by atoms with Crippen LogP contribution >= 0.6 is 47.8 Å². The fraction of sp³-hybridized carbons (Fsp3) is 0.250. The molecule has 1 unspecified atom stereocenters. The molecule has 5 heteroatoms. The first-order valence-corrected chi connectivity index (χ1v) is 9.05. The summed E-state index contributed by atoms with van der Waals surface area (Å²) in [6.07, 6.45) is 1.12. The SMILES string of the molecule is Cc1ccc2c(c1)CC(CNc1c(Br)cc(Br)cc1Br)O2. The number of ether oxygens (including phenoxy) is 1. The first-order valence-electron chi connectivity index (χ1n) is 6.67. The molecule has 0 aliphatic carbocycles. The van der Waals surface area contributed by atoms with Gasteiger partial charge in [-0.2, -0.15) is 0 Å². The first kappa shape index (κ1) is 15.4. The molecule has 0 saturated carbocycles. The molecular weight excluding hydrogens is 462 g/mol. The van der Waals surface area contributed by atoms with Crippen LogP contribution in [0.1, 0.15) is 11.1 Å². The van der Waals surface area contributed by atoms with Crippen molar-refractivity contribution < 1.29 is 4.74 Å². The van der Waals surface area contributed by atoms with E-state index in [2.05, 4.69) is 78.2 Å². The van der Waals surface area contributed by atoms with Crippen LogP contribution in [0.5, 0.6) is 5.75 Å². The van der Waals surface area contributed by atoms with Crippen molar-refractivity contribution in [2.24, 2.45) is 0 Å². The molecule has 21 heavy (non-hydrogen) atoms. The number of hydrogen-bond donors (Lipinski definition) is 1. The lowest BCUT2D eigenvalue weighted by Crippen LogP contribution is -2.24. The molecule has 2 nitrogen and oxygen atoms in total. The quantitative estimate of drug-likeness (QED) is 0.615. The molecule has 0 aromatic heterocycles. The largest absolute Gasteiger partial charge is 0.488 e. The Morgan fingerprint density at radius 2 is 1.86 bits per heavy atom. The summed E-state index contributed by atoms with van der Waals surface area (Å²) in [5.74, 6) is 1.02. The summed E-state index contributed by atoms with van der Waals surface area (Å²) < 4.78 is 9.07. The van der Waals surface area contributed by atoms with Gasteiger partial charge in [-0.25, -0.2) is 0 Å². The Bertz CT molecular complexity index is 664. The molecule has 0 amide bonds. The molecule has 110 valence electrons. The highest BCUT2D eigenvalue weighted by Crippen LogP contribution is 2.35. The zero-order valence-corrected chi connectivity index (χ0v) is 16.2. The van der Waals surface area contributed by atoms with Crippen molar-refractivity contribution in [1.82, 2.24) is 0 Å². The predicted octanol–water partition coefficient (Wildman–Crippen LogP) is 5.70. The minimum atomic E-state index is 0.171. The molecule has 3 rings (SSSR count).